The topological polar surface area (TPSA) is 112 Å². The van der Waals surface area contributed by atoms with Crippen molar-refractivity contribution in [1.29, 1.82) is 0 Å². The van der Waals surface area contributed by atoms with Crippen LogP contribution in [0, 0.1) is 0 Å². The van der Waals surface area contributed by atoms with E-state index in [2.05, 4.69) is 14.7 Å². The first-order valence-corrected chi connectivity index (χ1v) is 8.50. The molecule has 4 rings (SSSR count). The van der Waals surface area contributed by atoms with Crippen molar-refractivity contribution in [3.05, 3.63) is 70.3 Å². The lowest BCUT2D eigenvalue weighted by atomic mass is 10.1. The maximum atomic E-state index is 12.4. The molecule has 3 N–H and O–H groups in total. The summed E-state index contributed by atoms with van der Waals surface area (Å²) in [5.41, 5.74) is -0.0258. The molecular formula is C16H11N3O4S. The van der Waals surface area contributed by atoms with Crippen LogP contribution >= 0.6 is 0 Å². The second-order valence-corrected chi connectivity index (χ2v) is 6.91. The summed E-state index contributed by atoms with van der Waals surface area (Å²) < 4.78 is 27.0. The third-order valence-corrected chi connectivity index (χ3v) is 5.16. The fourth-order valence-corrected chi connectivity index (χ4v) is 3.92. The number of H-pyrrole nitrogens is 1. The lowest BCUT2D eigenvalue weighted by molar-refractivity contribution is 0.505. The van der Waals surface area contributed by atoms with E-state index in [-0.39, 0.29) is 27.7 Å². The second-order valence-electron chi connectivity index (χ2n) is 5.26. The minimum atomic E-state index is -3.87. The predicted octanol–water partition coefficient (Wildman–Crippen LogP) is 1.60. The standard InChI is InChI=1S/C16H11N3O4S/c20-14-10-6-2-4-8-12(10)24(22,23)19-13(14)15-17-11-7-3-1-5-9(11)16(21)18-15/h1-8,19-20H,(H,17,18,21). The van der Waals surface area contributed by atoms with Crippen molar-refractivity contribution in [2.24, 2.45) is 0 Å². The molecule has 7 nitrogen and oxygen atoms in total. The molecule has 0 unspecified atom stereocenters. The zero-order valence-corrected chi connectivity index (χ0v) is 13.0. The summed E-state index contributed by atoms with van der Waals surface area (Å²) in [5.74, 6) is -0.340. The number of sulfonamides is 1. The van der Waals surface area contributed by atoms with Crippen LogP contribution in [-0.4, -0.2) is 23.5 Å². The molecular weight excluding hydrogens is 330 g/mol. The average Bonchev–Trinajstić information content (AvgIpc) is 2.58. The van der Waals surface area contributed by atoms with Gasteiger partial charge in [0.1, 0.15) is 5.70 Å². The molecule has 0 saturated heterocycles. The van der Waals surface area contributed by atoms with Crippen molar-refractivity contribution in [2.75, 3.05) is 0 Å². The van der Waals surface area contributed by atoms with Crippen molar-refractivity contribution < 1.29 is 13.5 Å². The zero-order chi connectivity index (χ0) is 16.9. The van der Waals surface area contributed by atoms with Gasteiger partial charge in [-0.1, -0.05) is 24.3 Å². The van der Waals surface area contributed by atoms with Crippen LogP contribution in [0.2, 0.25) is 0 Å². The number of para-hydroxylation sites is 1. The van der Waals surface area contributed by atoms with E-state index in [1.807, 2.05) is 0 Å². The van der Waals surface area contributed by atoms with Gasteiger partial charge in [0.25, 0.3) is 15.6 Å². The third kappa shape index (κ3) is 2.08. The van der Waals surface area contributed by atoms with Crippen LogP contribution < -0.4 is 10.3 Å². The third-order valence-electron chi connectivity index (χ3n) is 3.75. The number of benzene rings is 2. The highest BCUT2D eigenvalue weighted by Gasteiger charge is 2.31. The molecule has 2 aromatic carbocycles. The molecule has 0 aliphatic carbocycles. The molecule has 1 aliphatic rings. The van der Waals surface area contributed by atoms with Gasteiger partial charge in [0.2, 0.25) is 0 Å². The van der Waals surface area contributed by atoms with E-state index in [1.54, 1.807) is 36.4 Å². The van der Waals surface area contributed by atoms with Crippen LogP contribution in [0.25, 0.3) is 22.4 Å². The highest BCUT2D eigenvalue weighted by molar-refractivity contribution is 7.90. The number of hydrogen-bond acceptors (Lipinski definition) is 5. The Hall–Kier alpha value is -3.13. The molecule has 0 spiro atoms. The van der Waals surface area contributed by atoms with Crippen molar-refractivity contribution in [1.82, 2.24) is 14.7 Å². The quantitative estimate of drug-likeness (QED) is 0.622. The molecule has 8 heteroatoms. The molecule has 2 heterocycles. The summed E-state index contributed by atoms with van der Waals surface area (Å²) in [5, 5.41) is 10.8. The molecule has 0 amide bonds. The van der Waals surface area contributed by atoms with E-state index in [0.29, 0.717) is 10.9 Å². The van der Waals surface area contributed by atoms with E-state index in [4.69, 9.17) is 0 Å². The molecule has 0 radical (unpaired) electrons. The largest absolute Gasteiger partial charge is 0.505 e. The Morgan fingerprint density at radius 2 is 1.71 bits per heavy atom. The molecule has 120 valence electrons. The van der Waals surface area contributed by atoms with Gasteiger partial charge in [-0.15, -0.1) is 0 Å². The lowest BCUT2D eigenvalue weighted by Crippen LogP contribution is -2.30. The van der Waals surface area contributed by atoms with Gasteiger partial charge in [0, 0.05) is 5.56 Å². The summed E-state index contributed by atoms with van der Waals surface area (Å²) in [6, 6.07) is 12.7. The summed E-state index contributed by atoms with van der Waals surface area (Å²) in [6.45, 7) is 0. The van der Waals surface area contributed by atoms with Gasteiger partial charge >= 0.3 is 0 Å². The Bertz CT molecular complexity index is 1180. The van der Waals surface area contributed by atoms with E-state index >= 15 is 0 Å². The average molecular weight is 341 g/mol. The number of nitrogens with one attached hydrogen (secondary N) is 2. The number of rotatable bonds is 1. The number of aliphatic hydroxyl groups is 1. The van der Waals surface area contributed by atoms with Crippen LogP contribution in [0.4, 0.5) is 0 Å². The molecule has 0 fully saturated rings. The number of fused-ring (bicyclic) bond motifs is 2. The van der Waals surface area contributed by atoms with Crippen LogP contribution in [0.1, 0.15) is 11.4 Å². The van der Waals surface area contributed by atoms with Gasteiger partial charge < -0.3 is 10.1 Å². The van der Waals surface area contributed by atoms with Gasteiger partial charge in [-0.3, -0.25) is 9.52 Å². The van der Waals surface area contributed by atoms with Crippen molar-refractivity contribution in [3.8, 4) is 0 Å². The van der Waals surface area contributed by atoms with Gasteiger partial charge in [-0.25, -0.2) is 13.4 Å². The summed E-state index contributed by atoms with van der Waals surface area (Å²) in [4.78, 5) is 18.9. The summed E-state index contributed by atoms with van der Waals surface area (Å²) in [7, 11) is -3.87. The number of nitrogens with zero attached hydrogens (tertiary/aromatic N) is 1. The van der Waals surface area contributed by atoms with Gasteiger partial charge in [-0.2, -0.15) is 0 Å². The maximum Gasteiger partial charge on any atom is 0.262 e. The number of aromatic nitrogens is 2. The fourth-order valence-electron chi connectivity index (χ4n) is 2.63. The van der Waals surface area contributed by atoms with Crippen LogP contribution in [0.3, 0.4) is 0 Å². The van der Waals surface area contributed by atoms with Gasteiger partial charge in [0.05, 0.1) is 15.8 Å². The Morgan fingerprint density at radius 1 is 1.00 bits per heavy atom. The molecule has 0 atom stereocenters. The molecule has 24 heavy (non-hydrogen) atoms. The first-order chi connectivity index (χ1) is 11.5. The van der Waals surface area contributed by atoms with Gasteiger partial charge in [0.15, 0.2) is 11.6 Å². The van der Waals surface area contributed by atoms with Crippen LogP contribution in [0.15, 0.2) is 58.2 Å². The lowest BCUT2D eigenvalue weighted by Gasteiger charge is -2.20. The SMILES string of the molecule is O=c1[nH]c(C2=C(O)c3ccccc3S(=O)(=O)N2)nc2ccccc12. The highest BCUT2D eigenvalue weighted by Crippen LogP contribution is 2.31. The Morgan fingerprint density at radius 3 is 2.54 bits per heavy atom. The van der Waals surface area contributed by atoms with Crippen molar-refractivity contribution >= 4 is 32.4 Å². The highest BCUT2D eigenvalue weighted by atomic mass is 32.2. The number of aromatic amines is 1. The van der Waals surface area contributed by atoms with Crippen molar-refractivity contribution in [3.63, 3.8) is 0 Å². The van der Waals surface area contributed by atoms with E-state index in [0.717, 1.165) is 0 Å². The predicted molar refractivity (Wildman–Crippen MR) is 88.6 cm³/mol. The number of aliphatic hydroxyl groups excluding tert-OH is 1. The maximum absolute atomic E-state index is 12.4. The van der Waals surface area contributed by atoms with E-state index < -0.39 is 15.6 Å². The molecule has 3 aromatic rings. The monoisotopic (exact) mass is 341 g/mol. The Kier molecular flexibility index (Phi) is 2.97. The van der Waals surface area contributed by atoms with Crippen LogP contribution in [0.5, 0.6) is 0 Å². The molecule has 0 saturated carbocycles. The number of hydrogen-bond donors (Lipinski definition) is 3. The molecule has 1 aromatic heterocycles. The van der Waals surface area contributed by atoms with Crippen LogP contribution in [-0.2, 0) is 10.0 Å². The minimum Gasteiger partial charge on any atom is -0.505 e. The van der Waals surface area contributed by atoms with Crippen molar-refractivity contribution in [2.45, 2.75) is 4.90 Å². The fraction of sp³-hybridized carbons (Fsp3) is 0. The van der Waals surface area contributed by atoms with Gasteiger partial charge in [-0.05, 0) is 24.3 Å². The minimum absolute atomic E-state index is 0.0330. The Balaban J connectivity index is 2.02. The first kappa shape index (κ1) is 14.5. The zero-order valence-electron chi connectivity index (χ0n) is 12.1. The summed E-state index contributed by atoms with van der Waals surface area (Å²) >= 11 is 0. The second kappa shape index (κ2) is 4.93. The van der Waals surface area contributed by atoms with E-state index in [9.17, 15) is 18.3 Å². The normalized spacial score (nSPS) is 15.8. The Labute approximate surface area is 136 Å². The first-order valence-electron chi connectivity index (χ1n) is 7.02. The van der Waals surface area contributed by atoms with E-state index in [1.165, 1.54) is 12.1 Å². The smallest absolute Gasteiger partial charge is 0.262 e. The summed E-state index contributed by atoms with van der Waals surface area (Å²) in [6.07, 6.45) is 0. The molecule has 0 bridgehead atoms. The molecule has 1 aliphatic heterocycles.